The highest BCUT2D eigenvalue weighted by atomic mass is 16.2. The highest BCUT2D eigenvalue weighted by molar-refractivity contribution is 5.95. The van der Waals surface area contributed by atoms with Crippen molar-refractivity contribution in [1.82, 2.24) is 15.2 Å². The molecule has 6 nitrogen and oxygen atoms in total. The summed E-state index contributed by atoms with van der Waals surface area (Å²) in [5.41, 5.74) is 0.853. The molecule has 1 aromatic rings. The number of carbonyl (C=O) groups is 2. The maximum absolute atomic E-state index is 12.3. The summed E-state index contributed by atoms with van der Waals surface area (Å²) in [6, 6.07) is 4.07. The van der Waals surface area contributed by atoms with E-state index >= 15 is 0 Å². The second-order valence-corrected chi connectivity index (χ2v) is 8.08. The fourth-order valence-electron chi connectivity index (χ4n) is 4.36. The van der Waals surface area contributed by atoms with E-state index in [0.717, 1.165) is 64.1 Å². The molecule has 4 rings (SSSR count). The molecule has 1 spiro atoms. The highest BCUT2D eigenvalue weighted by Crippen LogP contribution is 2.39. The molecule has 1 saturated carbocycles. The Balaban J connectivity index is 1.49. The van der Waals surface area contributed by atoms with Gasteiger partial charge in [-0.1, -0.05) is 0 Å². The Labute approximate surface area is 155 Å². The van der Waals surface area contributed by atoms with Crippen molar-refractivity contribution in [2.45, 2.75) is 51.5 Å². The molecule has 0 unspecified atom stereocenters. The summed E-state index contributed by atoms with van der Waals surface area (Å²) in [7, 11) is 0. The van der Waals surface area contributed by atoms with Crippen molar-refractivity contribution in [2.24, 2.45) is 5.41 Å². The summed E-state index contributed by atoms with van der Waals surface area (Å²) in [5.74, 6) is 1.17. The number of nitrogens with one attached hydrogen (secondary N) is 1. The Morgan fingerprint density at radius 3 is 2.96 bits per heavy atom. The van der Waals surface area contributed by atoms with Crippen molar-refractivity contribution in [3.05, 3.63) is 23.9 Å². The molecule has 1 aromatic heterocycles. The van der Waals surface area contributed by atoms with Gasteiger partial charge in [0.05, 0.1) is 0 Å². The number of carbonyl (C=O) groups excluding carboxylic acids is 2. The lowest BCUT2D eigenvalue weighted by Crippen LogP contribution is -2.54. The first-order valence-corrected chi connectivity index (χ1v) is 9.88. The molecule has 2 aliphatic heterocycles. The number of nitrogens with zero attached hydrogens (tertiary/aromatic N) is 3. The first kappa shape index (κ1) is 17.3. The largest absolute Gasteiger partial charge is 0.356 e. The lowest BCUT2D eigenvalue weighted by molar-refractivity contribution is -0.137. The summed E-state index contributed by atoms with van der Waals surface area (Å²) >= 11 is 0. The Morgan fingerprint density at radius 2 is 2.19 bits per heavy atom. The van der Waals surface area contributed by atoms with Gasteiger partial charge in [-0.3, -0.25) is 9.59 Å². The summed E-state index contributed by atoms with van der Waals surface area (Å²) < 4.78 is 0. The number of aromatic nitrogens is 1. The Kier molecular flexibility index (Phi) is 4.59. The summed E-state index contributed by atoms with van der Waals surface area (Å²) in [6.07, 6.45) is 7.79. The molecule has 3 fully saturated rings. The van der Waals surface area contributed by atoms with Crippen molar-refractivity contribution in [1.29, 1.82) is 0 Å². The molecular weight excluding hydrogens is 328 g/mol. The smallest absolute Gasteiger partial charge is 0.251 e. The number of pyridine rings is 1. The van der Waals surface area contributed by atoms with Gasteiger partial charge in [-0.15, -0.1) is 0 Å². The molecule has 3 heterocycles. The van der Waals surface area contributed by atoms with Gasteiger partial charge in [-0.05, 0) is 51.2 Å². The number of piperidine rings is 2. The van der Waals surface area contributed by atoms with Crippen LogP contribution in [0, 0.1) is 5.41 Å². The number of rotatable bonds is 4. The molecule has 2 saturated heterocycles. The summed E-state index contributed by atoms with van der Waals surface area (Å²) in [5, 5.41) is 3.05. The van der Waals surface area contributed by atoms with Crippen LogP contribution in [-0.2, 0) is 4.79 Å². The predicted octanol–water partition coefficient (Wildman–Crippen LogP) is 2.20. The molecule has 1 N–H and O–H groups in total. The SMILES string of the molecule is CCN1C[C@@]2(CCCN(c3cc(C(=O)NC4CC4)ccn3)C2)CCC1=O. The van der Waals surface area contributed by atoms with E-state index < -0.39 is 0 Å². The van der Waals surface area contributed by atoms with E-state index in [2.05, 4.69) is 22.1 Å². The van der Waals surface area contributed by atoms with E-state index in [-0.39, 0.29) is 17.2 Å². The topological polar surface area (TPSA) is 65.5 Å². The molecule has 3 aliphatic rings. The van der Waals surface area contributed by atoms with Crippen molar-refractivity contribution < 1.29 is 9.59 Å². The van der Waals surface area contributed by atoms with E-state index in [1.165, 1.54) is 0 Å². The standard InChI is InChI=1S/C20H28N4O2/c1-2-23-13-20(9-6-18(23)25)8-3-11-24(14-20)17-12-15(7-10-21-17)19(26)22-16-4-5-16/h7,10,12,16H,2-6,8-9,11,13-14H2,1H3,(H,22,26)/t20-/m1/s1. The minimum absolute atomic E-state index is 0.00305. The molecule has 2 amide bonds. The molecule has 0 aromatic carbocycles. The van der Waals surface area contributed by atoms with Crippen molar-refractivity contribution >= 4 is 17.6 Å². The van der Waals surface area contributed by atoms with Gasteiger partial charge in [-0.2, -0.15) is 0 Å². The van der Waals surface area contributed by atoms with Gasteiger partial charge in [0.1, 0.15) is 5.82 Å². The first-order valence-electron chi connectivity index (χ1n) is 9.88. The normalized spacial score (nSPS) is 26.3. The van der Waals surface area contributed by atoms with Gasteiger partial charge in [0, 0.05) is 55.8 Å². The minimum Gasteiger partial charge on any atom is -0.356 e. The Hall–Kier alpha value is -2.11. The van der Waals surface area contributed by atoms with Crippen LogP contribution in [-0.4, -0.2) is 53.9 Å². The summed E-state index contributed by atoms with van der Waals surface area (Å²) in [4.78, 5) is 33.3. The van der Waals surface area contributed by atoms with E-state index in [1.807, 2.05) is 11.0 Å². The van der Waals surface area contributed by atoms with Crippen LogP contribution in [0.3, 0.4) is 0 Å². The van der Waals surface area contributed by atoms with Crippen LogP contribution in [0.5, 0.6) is 0 Å². The molecule has 140 valence electrons. The molecule has 1 atom stereocenters. The third-order valence-electron chi connectivity index (χ3n) is 6.04. The van der Waals surface area contributed by atoms with Crippen molar-refractivity contribution in [2.75, 3.05) is 31.1 Å². The van der Waals surface area contributed by atoms with Crippen LogP contribution < -0.4 is 10.2 Å². The van der Waals surface area contributed by atoms with Crippen LogP contribution in [0.15, 0.2) is 18.3 Å². The monoisotopic (exact) mass is 356 g/mol. The third-order valence-corrected chi connectivity index (χ3v) is 6.04. The van der Waals surface area contributed by atoms with E-state index in [1.54, 1.807) is 12.3 Å². The van der Waals surface area contributed by atoms with Gasteiger partial charge in [0.15, 0.2) is 0 Å². The molecule has 0 bridgehead atoms. The van der Waals surface area contributed by atoms with Gasteiger partial charge in [0.2, 0.25) is 5.91 Å². The average Bonchev–Trinajstić information content (AvgIpc) is 3.48. The maximum Gasteiger partial charge on any atom is 0.251 e. The van der Waals surface area contributed by atoms with E-state index in [4.69, 9.17) is 0 Å². The summed E-state index contributed by atoms with van der Waals surface area (Å²) in [6.45, 7) is 5.57. The highest BCUT2D eigenvalue weighted by Gasteiger charge is 2.41. The molecule has 0 radical (unpaired) electrons. The number of likely N-dealkylation sites (tertiary alicyclic amines) is 1. The maximum atomic E-state index is 12.3. The number of amides is 2. The number of anilines is 1. The van der Waals surface area contributed by atoms with Gasteiger partial charge < -0.3 is 15.1 Å². The lowest BCUT2D eigenvalue weighted by Gasteiger charge is -2.48. The number of hydrogen-bond acceptors (Lipinski definition) is 4. The van der Waals surface area contributed by atoms with Crippen molar-refractivity contribution in [3.63, 3.8) is 0 Å². The average molecular weight is 356 g/mol. The van der Waals surface area contributed by atoms with Gasteiger partial charge in [-0.25, -0.2) is 4.98 Å². The molecular formula is C20H28N4O2. The van der Waals surface area contributed by atoms with E-state index in [0.29, 0.717) is 18.0 Å². The third kappa shape index (κ3) is 3.55. The lowest BCUT2D eigenvalue weighted by atomic mass is 9.73. The molecule has 6 heteroatoms. The Morgan fingerprint density at radius 1 is 1.35 bits per heavy atom. The van der Waals surface area contributed by atoms with Crippen LogP contribution in [0.1, 0.15) is 55.8 Å². The second-order valence-electron chi connectivity index (χ2n) is 8.08. The second kappa shape index (κ2) is 6.89. The van der Waals surface area contributed by atoms with Crippen LogP contribution >= 0.6 is 0 Å². The van der Waals surface area contributed by atoms with Gasteiger partial charge in [0.25, 0.3) is 5.91 Å². The zero-order valence-corrected chi connectivity index (χ0v) is 15.5. The van der Waals surface area contributed by atoms with E-state index in [9.17, 15) is 9.59 Å². The van der Waals surface area contributed by atoms with Crippen LogP contribution in [0.25, 0.3) is 0 Å². The quantitative estimate of drug-likeness (QED) is 0.898. The zero-order chi connectivity index (χ0) is 18.1. The molecule has 26 heavy (non-hydrogen) atoms. The first-order chi connectivity index (χ1) is 12.6. The predicted molar refractivity (Wildman–Crippen MR) is 100 cm³/mol. The zero-order valence-electron chi connectivity index (χ0n) is 15.5. The fraction of sp³-hybridized carbons (Fsp3) is 0.650. The van der Waals surface area contributed by atoms with Crippen molar-refractivity contribution in [3.8, 4) is 0 Å². The molecule has 1 aliphatic carbocycles. The fourth-order valence-corrected chi connectivity index (χ4v) is 4.36. The Bertz CT molecular complexity index is 703. The van der Waals surface area contributed by atoms with Gasteiger partial charge >= 0.3 is 0 Å². The minimum atomic E-state index is 0.00305. The van der Waals surface area contributed by atoms with Crippen LogP contribution in [0.2, 0.25) is 0 Å². The van der Waals surface area contributed by atoms with Crippen LogP contribution in [0.4, 0.5) is 5.82 Å². The number of hydrogen-bond donors (Lipinski definition) is 1.